The number of carbonyl (C=O) groups is 3. The summed E-state index contributed by atoms with van der Waals surface area (Å²) in [7, 11) is 0. The van der Waals surface area contributed by atoms with Crippen molar-refractivity contribution in [2.75, 3.05) is 13.2 Å². The van der Waals surface area contributed by atoms with Crippen LogP contribution in [0.15, 0.2) is 48.5 Å². The van der Waals surface area contributed by atoms with Gasteiger partial charge in [-0.15, -0.1) is 0 Å². The molecule has 202 valence electrons. The summed E-state index contributed by atoms with van der Waals surface area (Å²) < 4.78 is 58.8. The van der Waals surface area contributed by atoms with E-state index < -0.39 is 30.2 Å². The van der Waals surface area contributed by atoms with E-state index >= 15 is 0 Å². The standard InChI is InChI=1S/C27H31F3O7/c1-3-5-6-7-8-9-18-35-21-14-16-22(17-15-21)36-24(31)19-10-12-20(13-11-19)25(32)37-23(27(28,29)30)26(33)34-4-2/h10-17,23H,3-9,18H2,1-2H3. The van der Waals surface area contributed by atoms with Crippen LogP contribution in [0.5, 0.6) is 11.5 Å². The lowest BCUT2D eigenvalue weighted by Gasteiger charge is -2.18. The first-order valence-corrected chi connectivity index (χ1v) is 12.1. The number of hydrogen-bond acceptors (Lipinski definition) is 7. The second-order valence-corrected chi connectivity index (χ2v) is 8.13. The van der Waals surface area contributed by atoms with Crippen LogP contribution in [0, 0.1) is 0 Å². The third-order valence-electron chi connectivity index (χ3n) is 5.18. The lowest BCUT2D eigenvalue weighted by molar-refractivity contribution is -0.218. The summed E-state index contributed by atoms with van der Waals surface area (Å²) in [5.41, 5.74) is -0.236. The molecular weight excluding hydrogens is 493 g/mol. The van der Waals surface area contributed by atoms with Crippen LogP contribution in [0.3, 0.4) is 0 Å². The van der Waals surface area contributed by atoms with Gasteiger partial charge >= 0.3 is 24.1 Å². The van der Waals surface area contributed by atoms with E-state index in [1.165, 1.54) is 44.7 Å². The quantitative estimate of drug-likeness (QED) is 0.163. The Morgan fingerprint density at radius 2 is 1.30 bits per heavy atom. The smallest absolute Gasteiger partial charge is 0.436 e. The maximum absolute atomic E-state index is 13.1. The van der Waals surface area contributed by atoms with Gasteiger partial charge in [0.25, 0.3) is 6.10 Å². The Morgan fingerprint density at radius 1 is 0.757 bits per heavy atom. The van der Waals surface area contributed by atoms with Gasteiger partial charge in [0.15, 0.2) is 0 Å². The SMILES string of the molecule is CCCCCCCCOc1ccc(OC(=O)c2ccc(C(=O)OC(C(=O)OCC)C(F)(F)F)cc2)cc1. The van der Waals surface area contributed by atoms with E-state index in [4.69, 9.17) is 9.47 Å². The van der Waals surface area contributed by atoms with E-state index in [9.17, 15) is 27.6 Å². The fraction of sp³-hybridized carbons (Fsp3) is 0.444. The van der Waals surface area contributed by atoms with Gasteiger partial charge in [-0.3, -0.25) is 0 Å². The topological polar surface area (TPSA) is 88.1 Å². The summed E-state index contributed by atoms with van der Waals surface area (Å²) in [5, 5.41) is 0. The van der Waals surface area contributed by atoms with Gasteiger partial charge in [-0.1, -0.05) is 39.0 Å². The Balaban J connectivity index is 1.87. The first kappa shape index (κ1) is 29.7. The second kappa shape index (κ2) is 14.9. The molecule has 10 heteroatoms. The summed E-state index contributed by atoms with van der Waals surface area (Å²) in [6, 6.07) is 11.1. The zero-order valence-corrected chi connectivity index (χ0v) is 20.8. The molecule has 37 heavy (non-hydrogen) atoms. The zero-order chi connectivity index (χ0) is 27.3. The van der Waals surface area contributed by atoms with Crippen molar-refractivity contribution in [1.29, 1.82) is 0 Å². The number of esters is 3. The van der Waals surface area contributed by atoms with Gasteiger partial charge in [0.1, 0.15) is 11.5 Å². The average Bonchev–Trinajstić information content (AvgIpc) is 2.87. The Kier molecular flexibility index (Phi) is 11.9. The minimum absolute atomic E-state index is 0.0534. The number of hydrogen-bond donors (Lipinski definition) is 0. The molecule has 1 unspecified atom stereocenters. The third kappa shape index (κ3) is 10.1. The van der Waals surface area contributed by atoms with Gasteiger partial charge in [0.05, 0.1) is 24.3 Å². The monoisotopic (exact) mass is 524 g/mol. The Bertz CT molecular complexity index is 1000. The fourth-order valence-electron chi connectivity index (χ4n) is 3.23. The highest BCUT2D eigenvalue weighted by molar-refractivity contribution is 5.95. The summed E-state index contributed by atoms with van der Waals surface area (Å²) in [5.74, 6) is -2.94. The number of carbonyl (C=O) groups excluding carboxylic acids is 3. The average molecular weight is 525 g/mol. The van der Waals surface area contributed by atoms with Crippen molar-refractivity contribution in [3.63, 3.8) is 0 Å². The first-order chi connectivity index (χ1) is 17.7. The highest BCUT2D eigenvalue weighted by Gasteiger charge is 2.49. The first-order valence-electron chi connectivity index (χ1n) is 12.1. The van der Waals surface area contributed by atoms with Gasteiger partial charge in [-0.2, -0.15) is 13.2 Å². The molecule has 0 bridgehead atoms. The molecule has 0 amide bonds. The van der Waals surface area contributed by atoms with Crippen molar-refractivity contribution in [2.24, 2.45) is 0 Å². The Hall–Kier alpha value is -3.56. The Morgan fingerprint density at radius 3 is 1.86 bits per heavy atom. The summed E-state index contributed by atoms with van der Waals surface area (Å²) in [6.45, 7) is 3.79. The minimum Gasteiger partial charge on any atom is -0.494 e. The van der Waals surface area contributed by atoms with Crippen LogP contribution in [-0.2, 0) is 14.3 Å². The lowest BCUT2D eigenvalue weighted by Crippen LogP contribution is -2.41. The maximum Gasteiger partial charge on any atom is 0.436 e. The molecule has 0 radical (unpaired) electrons. The predicted octanol–water partition coefficient (Wildman–Crippen LogP) is 6.30. The summed E-state index contributed by atoms with van der Waals surface area (Å²) in [4.78, 5) is 36.0. The van der Waals surface area contributed by atoms with Gasteiger partial charge in [0, 0.05) is 0 Å². The van der Waals surface area contributed by atoms with E-state index in [2.05, 4.69) is 16.4 Å². The van der Waals surface area contributed by atoms with Crippen LogP contribution in [0.4, 0.5) is 13.2 Å². The summed E-state index contributed by atoms with van der Waals surface area (Å²) in [6.07, 6.45) is -1.24. The molecule has 0 N–H and O–H groups in total. The van der Waals surface area contributed by atoms with Crippen LogP contribution < -0.4 is 9.47 Å². The molecule has 1 atom stereocenters. The molecule has 0 aromatic heterocycles. The molecule has 0 heterocycles. The lowest BCUT2D eigenvalue weighted by atomic mass is 10.1. The van der Waals surface area contributed by atoms with Crippen molar-refractivity contribution in [3.05, 3.63) is 59.7 Å². The number of halogens is 3. The predicted molar refractivity (Wildman–Crippen MR) is 129 cm³/mol. The maximum atomic E-state index is 13.1. The van der Waals surface area contributed by atoms with Crippen molar-refractivity contribution < 1.29 is 46.5 Å². The molecule has 0 aliphatic carbocycles. The fourth-order valence-corrected chi connectivity index (χ4v) is 3.23. The van der Waals surface area contributed by atoms with Gasteiger partial charge in [-0.25, -0.2) is 14.4 Å². The molecule has 0 aliphatic heterocycles. The van der Waals surface area contributed by atoms with Crippen molar-refractivity contribution in [3.8, 4) is 11.5 Å². The normalized spacial score (nSPS) is 11.9. The highest BCUT2D eigenvalue weighted by Crippen LogP contribution is 2.25. The number of alkyl halides is 3. The highest BCUT2D eigenvalue weighted by atomic mass is 19.4. The van der Waals surface area contributed by atoms with E-state index in [0.717, 1.165) is 25.0 Å². The molecule has 0 fully saturated rings. The Labute approximate surface area is 213 Å². The van der Waals surface area contributed by atoms with Crippen molar-refractivity contribution >= 4 is 17.9 Å². The van der Waals surface area contributed by atoms with E-state index in [1.54, 1.807) is 24.3 Å². The zero-order valence-electron chi connectivity index (χ0n) is 20.8. The van der Waals surface area contributed by atoms with Crippen molar-refractivity contribution in [1.82, 2.24) is 0 Å². The number of rotatable bonds is 14. The van der Waals surface area contributed by atoms with Crippen LogP contribution in [0.1, 0.15) is 73.1 Å². The van der Waals surface area contributed by atoms with Gasteiger partial charge in [0.2, 0.25) is 0 Å². The molecule has 7 nitrogen and oxygen atoms in total. The second-order valence-electron chi connectivity index (χ2n) is 8.13. The molecule has 0 aliphatic rings. The largest absolute Gasteiger partial charge is 0.494 e. The van der Waals surface area contributed by atoms with Crippen LogP contribution in [-0.4, -0.2) is 43.4 Å². The molecule has 2 aromatic rings. The number of unbranched alkanes of at least 4 members (excludes halogenated alkanes) is 5. The van der Waals surface area contributed by atoms with Crippen LogP contribution >= 0.6 is 0 Å². The number of benzene rings is 2. The van der Waals surface area contributed by atoms with Crippen LogP contribution in [0.2, 0.25) is 0 Å². The molecule has 2 aromatic carbocycles. The third-order valence-corrected chi connectivity index (χ3v) is 5.18. The number of ether oxygens (including phenoxy) is 4. The van der Waals surface area contributed by atoms with Gasteiger partial charge in [-0.05, 0) is 61.9 Å². The summed E-state index contributed by atoms with van der Waals surface area (Å²) >= 11 is 0. The van der Waals surface area contributed by atoms with E-state index in [-0.39, 0.29) is 23.5 Å². The molecule has 0 spiro atoms. The molecular formula is C27H31F3O7. The van der Waals surface area contributed by atoms with Gasteiger partial charge < -0.3 is 18.9 Å². The van der Waals surface area contributed by atoms with Crippen LogP contribution in [0.25, 0.3) is 0 Å². The molecule has 2 rings (SSSR count). The van der Waals surface area contributed by atoms with E-state index in [1.807, 2.05) is 0 Å². The van der Waals surface area contributed by atoms with Crippen molar-refractivity contribution in [2.45, 2.75) is 64.7 Å². The molecule has 0 saturated heterocycles. The van der Waals surface area contributed by atoms with E-state index in [0.29, 0.717) is 12.4 Å². The molecule has 0 saturated carbocycles. The minimum atomic E-state index is -5.14.